The lowest BCUT2D eigenvalue weighted by atomic mass is 9.74. The maximum atomic E-state index is 11.2. The van der Waals surface area contributed by atoms with Gasteiger partial charge in [-0.2, -0.15) is 8.42 Å². The Bertz CT molecular complexity index is 347. The maximum Gasteiger partial charge on any atom is 0.310 e. The third kappa shape index (κ3) is 3.16. The summed E-state index contributed by atoms with van der Waals surface area (Å²) in [6.45, 7) is -0.0362. The topological polar surface area (TPSA) is 95.5 Å². The molecule has 0 aliphatic heterocycles. The summed E-state index contributed by atoms with van der Waals surface area (Å²) in [5.41, 5.74) is -0.928. The first kappa shape index (κ1) is 13.4. The average molecular weight is 250 g/mol. The summed E-state index contributed by atoms with van der Waals surface area (Å²) in [4.78, 5) is 11.2. The number of hydrogen-bond donors (Lipinski definition) is 3. The van der Waals surface area contributed by atoms with Crippen molar-refractivity contribution in [1.29, 1.82) is 0 Å². The van der Waals surface area contributed by atoms with Gasteiger partial charge >= 0.3 is 5.97 Å². The van der Waals surface area contributed by atoms with Gasteiger partial charge < -0.3 is 5.11 Å². The zero-order valence-electron chi connectivity index (χ0n) is 9.32. The van der Waals surface area contributed by atoms with Crippen molar-refractivity contribution in [2.75, 3.05) is 13.6 Å². The summed E-state index contributed by atoms with van der Waals surface area (Å²) in [5, 5.41) is 9.20. The van der Waals surface area contributed by atoms with E-state index in [-0.39, 0.29) is 6.54 Å². The largest absolute Gasteiger partial charge is 0.481 e. The number of carbonyl (C=O) groups is 1. The van der Waals surface area contributed by atoms with Crippen molar-refractivity contribution < 1.29 is 18.3 Å². The summed E-state index contributed by atoms with van der Waals surface area (Å²) in [6, 6.07) is 0. The predicted octanol–water partition coefficient (Wildman–Crippen LogP) is 0.0753. The van der Waals surface area contributed by atoms with Crippen molar-refractivity contribution in [2.24, 2.45) is 5.41 Å². The molecule has 1 aliphatic rings. The maximum absolute atomic E-state index is 11.2. The fourth-order valence-electron chi connectivity index (χ4n) is 2.00. The third-order valence-corrected chi connectivity index (χ3v) is 4.20. The molecule has 0 aromatic heterocycles. The standard InChI is InChI=1S/C9H18N2O4S/c1-10-16(14,15)11-7-9(8(12)13)5-3-2-4-6-9/h10-11H,2-7H2,1H3,(H,12,13). The fourth-order valence-corrected chi connectivity index (χ4v) is 2.61. The van der Waals surface area contributed by atoms with Crippen molar-refractivity contribution in [3.8, 4) is 0 Å². The first-order chi connectivity index (χ1) is 7.42. The molecule has 0 spiro atoms. The lowest BCUT2D eigenvalue weighted by Crippen LogP contribution is -2.46. The van der Waals surface area contributed by atoms with Gasteiger partial charge in [-0.15, -0.1) is 0 Å². The molecule has 7 heteroatoms. The SMILES string of the molecule is CNS(=O)(=O)NCC1(C(=O)O)CCCCC1. The molecule has 1 saturated carbocycles. The second-order valence-electron chi connectivity index (χ2n) is 4.17. The Labute approximate surface area is 95.6 Å². The van der Waals surface area contributed by atoms with Crippen LogP contribution in [-0.4, -0.2) is 33.1 Å². The molecule has 0 bridgehead atoms. The molecule has 0 aromatic carbocycles. The highest BCUT2D eigenvalue weighted by Crippen LogP contribution is 2.36. The van der Waals surface area contributed by atoms with E-state index in [0.29, 0.717) is 12.8 Å². The molecular formula is C9H18N2O4S. The van der Waals surface area contributed by atoms with Crippen LogP contribution in [0.25, 0.3) is 0 Å². The Morgan fingerprint density at radius 3 is 2.31 bits per heavy atom. The van der Waals surface area contributed by atoms with Gasteiger partial charge in [0.15, 0.2) is 0 Å². The predicted molar refractivity (Wildman–Crippen MR) is 59.1 cm³/mol. The van der Waals surface area contributed by atoms with Gasteiger partial charge in [0, 0.05) is 13.6 Å². The molecule has 94 valence electrons. The normalized spacial score (nSPS) is 20.6. The van der Waals surface area contributed by atoms with Crippen LogP contribution in [0.4, 0.5) is 0 Å². The van der Waals surface area contributed by atoms with Crippen LogP contribution in [-0.2, 0) is 15.0 Å². The van der Waals surface area contributed by atoms with Crippen LogP contribution in [0.15, 0.2) is 0 Å². The van der Waals surface area contributed by atoms with Gasteiger partial charge in [-0.1, -0.05) is 19.3 Å². The highest BCUT2D eigenvalue weighted by molar-refractivity contribution is 7.87. The van der Waals surface area contributed by atoms with Gasteiger partial charge in [0.05, 0.1) is 5.41 Å². The van der Waals surface area contributed by atoms with Crippen LogP contribution in [0.2, 0.25) is 0 Å². The Morgan fingerprint density at radius 2 is 1.88 bits per heavy atom. The van der Waals surface area contributed by atoms with E-state index in [4.69, 9.17) is 0 Å². The molecule has 6 nitrogen and oxygen atoms in total. The van der Waals surface area contributed by atoms with E-state index in [0.717, 1.165) is 19.3 Å². The summed E-state index contributed by atoms with van der Waals surface area (Å²) in [7, 11) is -2.27. The Morgan fingerprint density at radius 1 is 1.31 bits per heavy atom. The third-order valence-electron chi connectivity index (χ3n) is 3.13. The molecule has 0 heterocycles. The Hall–Kier alpha value is -0.660. The molecule has 0 unspecified atom stereocenters. The van der Waals surface area contributed by atoms with E-state index in [1.807, 2.05) is 0 Å². The zero-order valence-corrected chi connectivity index (χ0v) is 10.1. The van der Waals surface area contributed by atoms with Crippen molar-refractivity contribution in [3.63, 3.8) is 0 Å². The molecule has 1 rings (SSSR count). The molecule has 0 aromatic rings. The van der Waals surface area contributed by atoms with Gasteiger partial charge in [0.1, 0.15) is 0 Å². The van der Waals surface area contributed by atoms with Gasteiger partial charge in [-0.25, -0.2) is 9.44 Å². The highest BCUT2D eigenvalue weighted by Gasteiger charge is 2.40. The number of aliphatic carboxylic acids is 1. The molecule has 0 radical (unpaired) electrons. The van der Waals surface area contributed by atoms with Crippen molar-refractivity contribution >= 4 is 16.2 Å². The van der Waals surface area contributed by atoms with Crippen molar-refractivity contribution in [3.05, 3.63) is 0 Å². The van der Waals surface area contributed by atoms with E-state index in [1.165, 1.54) is 7.05 Å². The molecule has 0 saturated heterocycles. The number of hydrogen-bond acceptors (Lipinski definition) is 3. The summed E-state index contributed by atoms with van der Waals surface area (Å²) < 4.78 is 26.8. The number of carboxylic acids is 1. The van der Waals surface area contributed by atoms with Crippen LogP contribution in [0.1, 0.15) is 32.1 Å². The zero-order chi connectivity index (χ0) is 12.2. The van der Waals surface area contributed by atoms with E-state index in [9.17, 15) is 18.3 Å². The minimum atomic E-state index is -3.55. The average Bonchev–Trinajstić information content (AvgIpc) is 2.28. The monoisotopic (exact) mass is 250 g/mol. The number of nitrogens with one attached hydrogen (secondary N) is 2. The summed E-state index contributed by atoms with van der Waals surface area (Å²) in [6.07, 6.45) is 3.78. The van der Waals surface area contributed by atoms with Crippen LogP contribution < -0.4 is 9.44 Å². The number of carboxylic acid groups (broad SMARTS) is 1. The smallest absolute Gasteiger partial charge is 0.310 e. The van der Waals surface area contributed by atoms with Gasteiger partial charge in [-0.3, -0.25) is 4.79 Å². The quantitative estimate of drug-likeness (QED) is 0.643. The Balaban J connectivity index is 2.69. The first-order valence-electron chi connectivity index (χ1n) is 5.33. The van der Waals surface area contributed by atoms with Gasteiger partial charge in [0.2, 0.25) is 0 Å². The second-order valence-corrected chi connectivity index (χ2v) is 5.88. The second kappa shape index (κ2) is 5.11. The molecular weight excluding hydrogens is 232 g/mol. The van der Waals surface area contributed by atoms with E-state index in [2.05, 4.69) is 9.44 Å². The minimum absolute atomic E-state index is 0.0362. The molecule has 1 fully saturated rings. The van der Waals surface area contributed by atoms with Crippen LogP contribution in [0.5, 0.6) is 0 Å². The fraction of sp³-hybridized carbons (Fsp3) is 0.889. The van der Waals surface area contributed by atoms with E-state index < -0.39 is 21.6 Å². The molecule has 16 heavy (non-hydrogen) atoms. The summed E-state index contributed by atoms with van der Waals surface area (Å²) >= 11 is 0. The van der Waals surface area contributed by atoms with Crippen LogP contribution >= 0.6 is 0 Å². The molecule has 0 amide bonds. The molecule has 1 aliphatic carbocycles. The Kier molecular flexibility index (Phi) is 4.28. The van der Waals surface area contributed by atoms with Gasteiger partial charge in [0.25, 0.3) is 10.2 Å². The lowest BCUT2D eigenvalue weighted by Gasteiger charge is -2.32. The van der Waals surface area contributed by atoms with E-state index in [1.54, 1.807) is 0 Å². The van der Waals surface area contributed by atoms with Crippen molar-refractivity contribution in [2.45, 2.75) is 32.1 Å². The molecule has 0 atom stereocenters. The van der Waals surface area contributed by atoms with Gasteiger partial charge in [-0.05, 0) is 12.8 Å². The minimum Gasteiger partial charge on any atom is -0.481 e. The highest BCUT2D eigenvalue weighted by atomic mass is 32.2. The first-order valence-corrected chi connectivity index (χ1v) is 6.82. The summed E-state index contributed by atoms with van der Waals surface area (Å²) in [5.74, 6) is -0.911. The van der Waals surface area contributed by atoms with Crippen LogP contribution in [0, 0.1) is 5.41 Å². The van der Waals surface area contributed by atoms with Crippen molar-refractivity contribution in [1.82, 2.24) is 9.44 Å². The molecule has 3 N–H and O–H groups in total. The number of rotatable bonds is 5. The van der Waals surface area contributed by atoms with Crippen LogP contribution in [0.3, 0.4) is 0 Å². The van der Waals surface area contributed by atoms with E-state index >= 15 is 0 Å². The lowest BCUT2D eigenvalue weighted by molar-refractivity contribution is -0.150.